The molecule has 3 heteroatoms. The zero-order valence-electron chi connectivity index (χ0n) is 11.5. The van der Waals surface area contributed by atoms with Crippen LogP contribution in [0.2, 0.25) is 0 Å². The van der Waals surface area contributed by atoms with Gasteiger partial charge < -0.3 is 15.6 Å². The summed E-state index contributed by atoms with van der Waals surface area (Å²) in [7, 11) is 1.98. The van der Waals surface area contributed by atoms with Crippen molar-refractivity contribution in [3.63, 3.8) is 0 Å². The zero-order chi connectivity index (χ0) is 13.0. The van der Waals surface area contributed by atoms with E-state index in [2.05, 4.69) is 59.9 Å². The molecule has 2 aromatic rings. The second kappa shape index (κ2) is 5.55. The Kier molecular flexibility index (Phi) is 4.04. The molecule has 3 N–H and O–H groups in total. The number of hydrogen-bond acceptors (Lipinski definition) is 2. The third kappa shape index (κ3) is 2.74. The van der Waals surface area contributed by atoms with E-state index in [1.54, 1.807) is 0 Å². The summed E-state index contributed by atoms with van der Waals surface area (Å²) in [5.41, 5.74) is 2.73. The molecule has 0 amide bonds. The van der Waals surface area contributed by atoms with E-state index in [0.29, 0.717) is 0 Å². The predicted octanol–water partition coefficient (Wildman–Crippen LogP) is 2.25. The number of hydrogen-bond donors (Lipinski definition) is 3. The van der Waals surface area contributed by atoms with Gasteiger partial charge in [-0.2, -0.15) is 0 Å². The molecule has 2 rings (SSSR count). The molecule has 0 atom stereocenters. The molecule has 0 aliphatic carbocycles. The third-order valence-corrected chi connectivity index (χ3v) is 3.44. The summed E-state index contributed by atoms with van der Waals surface area (Å²) in [5, 5.41) is 7.98. The fourth-order valence-corrected chi connectivity index (χ4v) is 2.34. The second-order valence-corrected chi connectivity index (χ2v) is 5.41. The number of nitrogens with one attached hydrogen (secondary N) is 3. The highest BCUT2D eigenvalue weighted by Gasteiger charge is 2.23. The number of likely N-dealkylation sites (N-methyl/N-ethyl adjacent to an activating group) is 1. The molecule has 1 aromatic carbocycles. The maximum Gasteiger partial charge on any atom is 0.0457 e. The van der Waals surface area contributed by atoms with E-state index in [9.17, 15) is 0 Å². The highest BCUT2D eigenvalue weighted by atomic mass is 14.9. The number of para-hydroxylation sites is 1. The van der Waals surface area contributed by atoms with E-state index in [1.165, 1.54) is 16.5 Å². The Morgan fingerprint density at radius 1 is 1.17 bits per heavy atom. The fraction of sp³-hybridized carbons (Fsp3) is 0.467. The molecule has 0 unspecified atom stereocenters. The van der Waals surface area contributed by atoms with Gasteiger partial charge >= 0.3 is 0 Å². The number of fused-ring (bicyclic) bond motifs is 1. The molecule has 0 fully saturated rings. The lowest BCUT2D eigenvalue weighted by Crippen LogP contribution is -2.36. The summed E-state index contributed by atoms with van der Waals surface area (Å²) in [6.45, 7) is 7.56. The van der Waals surface area contributed by atoms with Gasteiger partial charge in [0, 0.05) is 42.1 Å². The van der Waals surface area contributed by atoms with Crippen LogP contribution in [0, 0.1) is 0 Å². The number of aromatic nitrogens is 1. The first-order chi connectivity index (χ1) is 8.65. The number of aromatic amines is 1. The lowest BCUT2D eigenvalue weighted by Gasteiger charge is -2.25. The van der Waals surface area contributed by atoms with Gasteiger partial charge in [0.1, 0.15) is 0 Å². The summed E-state index contributed by atoms with van der Waals surface area (Å²) < 4.78 is 0. The molecular formula is C15H23N3. The highest BCUT2D eigenvalue weighted by molar-refractivity contribution is 5.84. The van der Waals surface area contributed by atoms with E-state index < -0.39 is 0 Å². The first kappa shape index (κ1) is 13.1. The van der Waals surface area contributed by atoms with Gasteiger partial charge in [-0.1, -0.05) is 32.0 Å². The molecule has 18 heavy (non-hydrogen) atoms. The maximum absolute atomic E-state index is 3.50. The Morgan fingerprint density at radius 2 is 1.94 bits per heavy atom. The summed E-state index contributed by atoms with van der Waals surface area (Å²) in [6.07, 6.45) is 2.14. The molecule has 0 saturated heterocycles. The van der Waals surface area contributed by atoms with Crippen LogP contribution in [0.5, 0.6) is 0 Å². The maximum atomic E-state index is 3.50. The van der Waals surface area contributed by atoms with Gasteiger partial charge in [0.2, 0.25) is 0 Å². The monoisotopic (exact) mass is 245 g/mol. The minimum atomic E-state index is 0.132. The molecule has 1 heterocycles. The molecule has 1 aromatic heterocycles. The average Bonchev–Trinajstić information content (AvgIpc) is 2.79. The van der Waals surface area contributed by atoms with Gasteiger partial charge in [0.15, 0.2) is 0 Å². The zero-order valence-corrected chi connectivity index (χ0v) is 11.5. The van der Waals surface area contributed by atoms with Gasteiger partial charge in [-0.3, -0.25) is 0 Å². The Morgan fingerprint density at radius 3 is 2.72 bits per heavy atom. The molecule has 0 radical (unpaired) electrons. The van der Waals surface area contributed by atoms with Crippen molar-refractivity contribution in [3.05, 3.63) is 36.0 Å². The largest absolute Gasteiger partial charge is 0.361 e. The van der Waals surface area contributed by atoms with E-state index in [0.717, 1.165) is 19.6 Å². The predicted molar refractivity (Wildman–Crippen MR) is 78.1 cm³/mol. The molecule has 0 saturated carbocycles. The van der Waals surface area contributed by atoms with Crippen LogP contribution in [0.1, 0.15) is 19.4 Å². The van der Waals surface area contributed by atoms with Gasteiger partial charge in [-0.05, 0) is 18.7 Å². The van der Waals surface area contributed by atoms with Crippen molar-refractivity contribution in [1.29, 1.82) is 0 Å². The molecule has 0 aliphatic rings. The minimum Gasteiger partial charge on any atom is -0.361 e. The van der Waals surface area contributed by atoms with E-state index in [-0.39, 0.29) is 5.41 Å². The Hall–Kier alpha value is -1.32. The quantitative estimate of drug-likeness (QED) is 0.683. The molecule has 0 bridgehead atoms. The summed E-state index contributed by atoms with van der Waals surface area (Å²) in [4.78, 5) is 3.36. The van der Waals surface area contributed by atoms with E-state index >= 15 is 0 Å². The first-order valence-corrected chi connectivity index (χ1v) is 6.57. The van der Waals surface area contributed by atoms with Crippen molar-refractivity contribution in [2.75, 3.05) is 26.7 Å². The van der Waals surface area contributed by atoms with Crippen molar-refractivity contribution in [3.8, 4) is 0 Å². The number of benzene rings is 1. The van der Waals surface area contributed by atoms with Crippen LogP contribution in [0.3, 0.4) is 0 Å². The lowest BCUT2D eigenvalue weighted by atomic mass is 9.84. The van der Waals surface area contributed by atoms with Crippen molar-refractivity contribution in [2.45, 2.75) is 19.3 Å². The smallest absolute Gasteiger partial charge is 0.0457 e. The molecular weight excluding hydrogens is 222 g/mol. The van der Waals surface area contributed by atoms with Crippen LogP contribution < -0.4 is 10.6 Å². The van der Waals surface area contributed by atoms with Gasteiger partial charge in [-0.15, -0.1) is 0 Å². The lowest BCUT2D eigenvalue weighted by molar-refractivity contribution is 0.471. The third-order valence-electron chi connectivity index (χ3n) is 3.44. The van der Waals surface area contributed by atoms with Gasteiger partial charge in [-0.25, -0.2) is 0 Å². The van der Waals surface area contributed by atoms with Crippen LogP contribution >= 0.6 is 0 Å². The number of H-pyrrole nitrogens is 1. The van der Waals surface area contributed by atoms with Crippen molar-refractivity contribution >= 4 is 10.9 Å². The van der Waals surface area contributed by atoms with Crippen molar-refractivity contribution in [1.82, 2.24) is 15.6 Å². The Labute approximate surface area is 109 Å². The van der Waals surface area contributed by atoms with Gasteiger partial charge in [0.25, 0.3) is 0 Å². The molecule has 0 spiro atoms. The summed E-state index contributed by atoms with van der Waals surface area (Å²) >= 11 is 0. The standard InChI is InChI=1S/C15H23N3/c1-15(2,11-17-9-8-16-3)13-10-18-14-7-5-4-6-12(13)14/h4-7,10,16-18H,8-9,11H2,1-3H3. The number of rotatable bonds is 6. The van der Waals surface area contributed by atoms with Crippen LogP contribution in [0.25, 0.3) is 10.9 Å². The van der Waals surface area contributed by atoms with Crippen LogP contribution in [0.4, 0.5) is 0 Å². The van der Waals surface area contributed by atoms with Crippen molar-refractivity contribution in [2.24, 2.45) is 0 Å². The summed E-state index contributed by atoms with van der Waals surface area (Å²) in [6, 6.07) is 8.49. The fourth-order valence-electron chi connectivity index (χ4n) is 2.34. The Balaban J connectivity index is 2.13. The van der Waals surface area contributed by atoms with E-state index in [4.69, 9.17) is 0 Å². The van der Waals surface area contributed by atoms with Crippen LogP contribution in [-0.2, 0) is 5.41 Å². The normalized spacial score (nSPS) is 12.2. The van der Waals surface area contributed by atoms with E-state index in [1.807, 2.05) is 7.05 Å². The van der Waals surface area contributed by atoms with Gasteiger partial charge in [0.05, 0.1) is 0 Å². The second-order valence-electron chi connectivity index (χ2n) is 5.41. The topological polar surface area (TPSA) is 39.8 Å². The molecule has 3 nitrogen and oxygen atoms in total. The molecule has 0 aliphatic heterocycles. The SMILES string of the molecule is CNCCNCC(C)(C)c1c[nH]c2ccccc12. The highest BCUT2D eigenvalue weighted by Crippen LogP contribution is 2.29. The Bertz CT molecular complexity index is 499. The van der Waals surface area contributed by atoms with Crippen LogP contribution in [0.15, 0.2) is 30.5 Å². The molecule has 98 valence electrons. The van der Waals surface area contributed by atoms with Crippen molar-refractivity contribution < 1.29 is 0 Å². The first-order valence-electron chi connectivity index (χ1n) is 6.57. The van der Waals surface area contributed by atoms with Crippen LogP contribution in [-0.4, -0.2) is 31.7 Å². The minimum absolute atomic E-state index is 0.132. The average molecular weight is 245 g/mol. The summed E-state index contributed by atoms with van der Waals surface area (Å²) in [5.74, 6) is 0.